The van der Waals surface area contributed by atoms with Crippen LogP contribution >= 0.6 is 0 Å². The van der Waals surface area contributed by atoms with E-state index in [9.17, 15) is 0 Å². The molecule has 1 unspecified atom stereocenters. The quantitative estimate of drug-likeness (QED) is 0.732. The molecule has 0 radical (unpaired) electrons. The molecule has 3 nitrogen and oxygen atoms in total. The molecule has 1 saturated carbocycles. The van der Waals surface area contributed by atoms with Crippen molar-refractivity contribution < 1.29 is 0 Å². The molecule has 0 bridgehead atoms. The van der Waals surface area contributed by atoms with Gasteiger partial charge in [0, 0.05) is 31.7 Å². The van der Waals surface area contributed by atoms with Crippen LogP contribution in [0.3, 0.4) is 0 Å². The number of likely N-dealkylation sites (N-methyl/N-ethyl adjacent to an activating group) is 1. The zero-order valence-corrected chi connectivity index (χ0v) is 10.9. The van der Waals surface area contributed by atoms with Gasteiger partial charge in [0.05, 0.1) is 0 Å². The van der Waals surface area contributed by atoms with E-state index in [4.69, 9.17) is 0 Å². The van der Waals surface area contributed by atoms with Gasteiger partial charge >= 0.3 is 0 Å². The van der Waals surface area contributed by atoms with Crippen LogP contribution in [0.25, 0.3) is 0 Å². The molecule has 1 heterocycles. The molecule has 2 aliphatic rings. The first-order chi connectivity index (χ1) is 7.78. The number of nitrogens with one attached hydrogen (secondary N) is 1. The number of hydrogen-bond donors (Lipinski definition) is 1. The monoisotopic (exact) mass is 225 g/mol. The lowest BCUT2D eigenvalue weighted by atomic mass is 10.1. The summed E-state index contributed by atoms with van der Waals surface area (Å²) in [5.41, 5.74) is 0. The van der Waals surface area contributed by atoms with Gasteiger partial charge in [-0.1, -0.05) is 6.92 Å². The highest BCUT2D eigenvalue weighted by molar-refractivity contribution is 4.88. The molecule has 0 spiro atoms. The van der Waals surface area contributed by atoms with Crippen LogP contribution in [0.2, 0.25) is 0 Å². The molecule has 94 valence electrons. The summed E-state index contributed by atoms with van der Waals surface area (Å²) in [6.45, 7) is 8.43. The van der Waals surface area contributed by atoms with Crippen molar-refractivity contribution in [2.75, 3.05) is 39.8 Å². The Morgan fingerprint density at radius 2 is 2.06 bits per heavy atom. The molecule has 1 N–H and O–H groups in total. The summed E-state index contributed by atoms with van der Waals surface area (Å²) >= 11 is 0. The van der Waals surface area contributed by atoms with Gasteiger partial charge in [0.1, 0.15) is 0 Å². The lowest BCUT2D eigenvalue weighted by Gasteiger charge is -2.34. The predicted octanol–water partition coefficient (Wildman–Crippen LogP) is 1.15. The van der Waals surface area contributed by atoms with Gasteiger partial charge in [0.15, 0.2) is 0 Å². The molecule has 2 rings (SSSR count). The van der Waals surface area contributed by atoms with E-state index in [1.54, 1.807) is 0 Å². The van der Waals surface area contributed by atoms with Crippen LogP contribution in [0.15, 0.2) is 0 Å². The van der Waals surface area contributed by atoms with Gasteiger partial charge < -0.3 is 15.1 Å². The largest absolute Gasteiger partial charge is 0.310 e. The Hall–Kier alpha value is -0.120. The third-order valence-electron chi connectivity index (χ3n) is 3.89. The molecule has 1 atom stereocenters. The first-order valence-corrected chi connectivity index (χ1v) is 6.95. The summed E-state index contributed by atoms with van der Waals surface area (Å²) in [7, 11) is 2.21. The fraction of sp³-hybridized carbons (Fsp3) is 1.00. The van der Waals surface area contributed by atoms with Crippen molar-refractivity contribution in [3.05, 3.63) is 0 Å². The van der Waals surface area contributed by atoms with E-state index in [2.05, 4.69) is 29.1 Å². The molecule has 0 aromatic carbocycles. The van der Waals surface area contributed by atoms with Crippen molar-refractivity contribution in [1.29, 1.82) is 0 Å². The summed E-state index contributed by atoms with van der Waals surface area (Å²) in [5, 5.41) is 3.77. The number of nitrogens with zero attached hydrogens (tertiary/aromatic N) is 2. The highest BCUT2D eigenvalue weighted by Gasteiger charge is 2.27. The minimum atomic E-state index is 0.771. The molecule has 0 aromatic rings. The summed E-state index contributed by atoms with van der Waals surface area (Å²) in [6.07, 6.45) is 5.58. The normalized spacial score (nSPS) is 27.6. The number of hydrogen-bond acceptors (Lipinski definition) is 3. The van der Waals surface area contributed by atoms with Gasteiger partial charge in [-0.2, -0.15) is 0 Å². The van der Waals surface area contributed by atoms with Crippen LogP contribution in [0.1, 0.15) is 32.6 Å². The van der Waals surface area contributed by atoms with Gasteiger partial charge in [0.2, 0.25) is 0 Å². The van der Waals surface area contributed by atoms with E-state index in [0.29, 0.717) is 0 Å². The second kappa shape index (κ2) is 5.99. The lowest BCUT2D eigenvalue weighted by Crippen LogP contribution is -2.48. The molecule has 1 aliphatic carbocycles. The molecule has 0 aromatic heterocycles. The topological polar surface area (TPSA) is 18.5 Å². The van der Waals surface area contributed by atoms with Crippen LogP contribution in [0.4, 0.5) is 0 Å². The Morgan fingerprint density at radius 1 is 1.25 bits per heavy atom. The fourth-order valence-corrected chi connectivity index (χ4v) is 2.45. The van der Waals surface area contributed by atoms with Crippen LogP contribution < -0.4 is 5.32 Å². The van der Waals surface area contributed by atoms with E-state index in [0.717, 1.165) is 18.6 Å². The minimum absolute atomic E-state index is 0.771. The SMILES string of the molecule is CCN(C)CCN1CCCC(NC2CC2)C1. The van der Waals surface area contributed by atoms with Crippen LogP contribution in [-0.2, 0) is 0 Å². The second-order valence-electron chi connectivity index (χ2n) is 5.48. The predicted molar refractivity (Wildman–Crippen MR) is 68.8 cm³/mol. The summed E-state index contributed by atoms with van der Waals surface area (Å²) in [5.74, 6) is 0. The first-order valence-electron chi connectivity index (χ1n) is 6.95. The standard InChI is InChI=1S/C13H27N3/c1-3-15(2)9-10-16-8-4-5-13(11-16)14-12-6-7-12/h12-14H,3-11H2,1-2H3. The maximum absolute atomic E-state index is 3.77. The maximum Gasteiger partial charge on any atom is 0.0198 e. The van der Waals surface area contributed by atoms with Crippen molar-refractivity contribution in [2.45, 2.75) is 44.7 Å². The van der Waals surface area contributed by atoms with Crippen LogP contribution in [-0.4, -0.2) is 61.7 Å². The third kappa shape index (κ3) is 4.04. The van der Waals surface area contributed by atoms with E-state index in [1.165, 1.54) is 51.9 Å². The van der Waals surface area contributed by atoms with Crippen LogP contribution in [0.5, 0.6) is 0 Å². The molecule has 3 heteroatoms. The van der Waals surface area contributed by atoms with Gasteiger partial charge in [-0.05, 0) is 45.8 Å². The molecule has 1 saturated heterocycles. The van der Waals surface area contributed by atoms with Crippen molar-refractivity contribution in [1.82, 2.24) is 15.1 Å². The summed E-state index contributed by atoms with van der Waals surface area (Å²) < 4.78 is 0. The number of likely N-dealkylation sites (tertiary alicyclic amines) is 1. The first kappa shape index (κ1) is 12.3. The second-order valence-corrected chi connectivity index (χ2v) is 5.48. The summed E-state index contributed by atoms with van der Waals surface area (Å²) in [6, 6.07) is 1.64. The van der Waals surface area contributed by atoms with E-state index in [-0.39, 0.29) is 0 Å². The zero-order valence-electron chi connectivity index (χ0n) is 10.9. The molecule has 1 aliphatic heterocycles. The van der Waals surface area contributed by atoms with E-state index in [1.807, 2.05) is 0 Å². The number of piperidine rings is 1. The maximum atomic E-state index is 3.77. The van der Waals surface area contributed by atoms with Crippen molar-refractivity contribution >= 4 is 0 Å². The Labute approximate surface area is 100 Å². The highest BCUT2D eigenvalue weighted by atomic mass is 15.2. The average molecular weight is 225 g/mol. The lowest BCUT2D eigenvalue weighted by molar-refractivity contribution is 0.170. The Balaban J connectivity index is 1.64. The van der Waals surface area contributed by atoms with Gasteiger partial charge in [-0.25, -0.2) is 0 Å². The smallest absolute Gasteiger partial charge is 0.0198 e. The van der Waals surface area contributed by atoms with Crippen molar-refractivity contribution in [3.63, 3.8) is 0 Å². The van der Waals surface area contributed by atoms with E-state index < -0.39 is 0 Å². The molecule has 0 amide bonds. The Morgan fingerprint density at radius 3 is 2.75 bits per heavy atom. The van der Waals surface area contributed by atoms with Crippen LogP contribution in [0, 0.1) is 0 Å². The van der Waals surface area contributed by atoms with E-state index >= 15 is 0 Å². The molecular formula is C13H27N3. The van der Waals surface area contributed by atoms with Gasteiger partial charge in [0.25, 0.3) is 0 Å². The molecular weight excluding hydrogens is 198 g/mol. The van der Waals surface area contributed by atoms with Crippen molar-refractivity contribution in [2.24, 2.45) is 0 Å². The zero-order chi connectivity index (χ0) is 11.4. The molecule has 16 heavy (non-hydrogen) atoms. The Bertz CT molecular complexity index is 203. The average Bonchev–Trinajstić information content (AvgIpc) is 3.10. The van der Waals surface area contributed by atoms with Gasteiger partial charge in [-0.15, -0.1) is 0 Å². The third-order valence-corrected chi connectivity index (χ3v) is 3.89. The highest BCUT2D eigenvalue weighted by Crippen LogP contribution is 2.21. The fourth-order valence-electron chi connectivity index (χ4n) is 2.45. The van der Waals surface area contributed by atoms with Crippen molar-refractivity contribution in [3.8, 4) is 0 Å². The summed E-state index contributed by atoms with van der Waals surface area (Å²) in [4.78, 5) is 5.04. The minimum Gasteiger partial charge on any atom is -0.310 e. The molecule has 2 fully saturated rings. The number of rotatable bonds is 6. The van der Waals surface area contributed by atoms with Gasteiger partial charge in [-0.3, -0.25) is 0 Å². The Kier molecular flexibility index (Phi) is 4.62.